The van der Waals surface area contributed by atoms with Gasteiger partial charge in [0.1, 0.15) is 0 Å². The Morgan fingerprint density at radius 2 is 1.96 bits per heavy atom. The number of fused-ring (bicyclic) bond motifs is 1. The fraction of sp³-hybridized carbons (Fsp3) is 0.667. The minimum Gasteiger partial charge on any atom is -0.335 e. The van der Waals surface area contributed by atoms with Crippen LogP contribution in [0, 0.1) is 6.92 Å². The Hall–Kier alpha value is -1.39. The van der Waals surface area contributed by atoms with Gasteiger partial charge in [-0.1, -0.05) is 23.8 Å². The topological polar surface area (TPSA) is 26.8 Å². The number of carbonyl (C=O) groups is 1. The summed E-state index contributed by atoms with van der Waals surface area (Å²) >= 11 is 0. The molecular weight excluding hydrogens is 310 g/mol. The smallest absolute Gasteiger partial charge is 0.230 e. The van der Waals surface area contributed by atoms with Crippen LogP contribution in [0.25, 0.3) is 0 Å². The molecule has 2 saturated heterocycles. The number of carbonyl (C=O) groups excluding carboxylic acids is 1. The van der Waals surface area contributed by atoms with Gasteiger partial charge >= 0.3 is 0 Å². The predicted molar refractivity (Wildman–Crippen MR) is 101 cm³/mol. The molecular formula is C21H31N3O. The summed E-state index contributed by atoms with van der Waals surface area (Å²) < 4.78 is 0. The molecule has 2 unspecified atom stereocenters. The van der Waals surface area contributed by atoms with E-state index >= 15 is 0 Å². The first kappa shape index (κ1) is 17.0. The lowest BCUT2D eigenvalue weighted by molar-refractivity contribution is -0.138. The van der Waals surface area contributed by atoms with Crippen molar-refractivity contribution in [2.24, 2.45) is 0 Å². The second-order valence-electron chi connectivity index (χ2n) is 8.25. The van der Waals surface area contributed by atoms with Gasteiger partial charge in [-0.3, -0.25) is 4.79 Å². The van der Waals surface area contributed by atoms with Crippen LogP contribution < -0.4 is 0 Å². The maximum atomic E-state index is 13.4. The van der Waals surface area contributed by atoms with Gasteiger partial charge in [0.05, 0.1) is 12.0 Å². The number of rotatable bonds is 3. The molecule has 0 spiro atoms. The van der Waals surface area contributed by atoms with E-state index in [4.69, 9.17) is 0 Å². The number of likely N-dealkylation sites (N-methyl/N-ethyl adjacent to an activating group) is 1. The molecule has 3 aliphatic rings. The van der Waals surface area contributed by atoms with Crippen LogP contribution in [0.1, 0.15) is 41.9 Å². The van der Waals surface area contributed by atoms with E-state index in [2.05, 4.69) is 46.9 Å². The zero-order valence-corrected chi connectivity index (χ0v) is 15.7. The molecule has 0 radical (unpaired) electrons. The van der Waals surface area contributed by atoms with Crippen molar-refractivity contribution >= 4 is 5.91 Å². The van der Waals surface area contributed by atoms with E-state index in [1.807, 2.05) is 0 Å². The van der Waals surface area contributed by atoms with Crippen LogP contribution in [-0.4, -0.2) is 73.0 Å². The number of amides is 1. The number of hydrogen-bond acceptors (Lipinski definition) is 3. The zero-order valence-electron chi connectivity index (χ0n) is 15.7. The number of benzene rings is 1. The summed E-state index contributed by atoms with van der Waals surface area (Å²) in [5.41, 5.74) is 3.98. The van der Waals surface area contributed by atoms with E-state index in [1.54, 1.807) is 0 Å². The molecule has 4 rings (SSSR count). The predicted octanol–water partition coefficient (Wildman–Crippen LogP) is 2.26. The third-order valence-corrected chi connectivity index (χ3v) is 6.31. The molecule has 1 aliphatic carbocycles. The van der Waals surface area contributed by atoms with Crippen molar-refractivity contribution in [2.75, 3.05) is 46.3 Å². The van der Waals surface area contributed by atoms with Gasteiger partial charge in [-0.15, -0.1) is 0 Å². The summed E-state index contributed by atoms with van der Waals surface area (Å²) in [6.07, 6.45) is 4.66. The van der Waals surface area contributed by atoms with Crippen LogP contribution in [0.3, 0.4) is 0 Å². The van der Waals surface area contributed by atoms with Gasteiger partial charge < -0.3 is 14.7 Å². The SMILES string of the molecule is Cc1ccc2c(c1)CCC2C(=O)N1CCN(C)CC1CN1CCCC1. The van der Waals surface area contributed by atoms with Gasteiger partial charge in [0, 0.05) is 26.2 Å². The summed E-state index contributed by atoms with van der Waals surface area (Å²) in [7, 11) is 2.19. The van der Waals surface area contributed by atoms with Gasteiger partial charge in [0.2, 0.25) is 5.91 Å². The quantitative estimate of drug-likeness (QED) is 0.844. The fourth-order valence-electron chi connectivity index (χ4n) is 4.92. The highest BCUT2D eigenvalue weighted by Crippen LogP contribution is 2.35. The number of nitrogens with zero attached hydrogens (tertiary/aromatic N) is 3. The van der Waals surface area contributed by atoms with Crippen molar-refractivity contribution in [1.29, 1.82) is 0 Å². The summed E-state index contributed by atoms with van der Waals surface area (Å²) in [5.74, 6) is 0.458. The number of piperazine rings is 1. The Bertz CT molecular complexity index is 638. The second-order valence-corrected chi connectivity index (χ2v) is 8.25. The van der Waals surface area contributed by atoms with Gasteiger partial charge in [-0.05, 0) is 63.9 Å². The van der Waals surface area contributed by atoms with Crippen LogP contribution in [0.2, 0.25) is 0 Å². The van der Waals surface area contributed by atoms with E-state index in [0.717, 1.165) is 39.0 Å². The molecule has 0 aromatic heterocycles. The van der Waals surface area contributed by atoms with Crippen molar-refractivity contribution in [2.45, 2.75) is 44.6 Å². The Labute approximate surface area is 151 Å². The van der Waals surface area contributed by atoms with Crippen molar-refractivity contribution in [3.05, 3.63) is 34.9 Å². The summed E-state index contributed by atoms with van der Waals surface area (Å²) in [5, 5.41) is 0. The number of hydrogen-bond donors (Lipinski definition) is 0. The van der Waals surface area contributed by atoms with E-state index in [1.165, 1.54) is 42.6 Å². The Kier molecular flexibility index (Phi) is 4.83. The second kappa shape index (κ2) is 7.08. The first-order valence-corrected chi connectivity index (χ1v) is 9.92. The largest absolute Gasteiger partial charge is 0.335 e. The maximum absolute atomic E-state index is 13.4. The molecule has 1 aromatic rings. The van der Waals surface area contributed by atoms with Crippen LogP contribution in [-0.2, 0) is 11.2 Å². The highest BCUT2D eigenvalue weighted by molar-refractivity contribution is 5.85. The van der Waals surface area contributed by atoms with Crippen molar-refractivity contribution < 1.29 is 4.79 Å². The third-order valence-electron chi connectivity index (χ3n) is 6.31. The first-order valence-electron chi connectivity index (χ1n) is 9.92. The number of aryl methyl sites for hydroxylation is 2. The molecule has 136 valence electrons. The molecule has 0 bridgehead atoms. The maximum Gasteiger partial charge on any atom is 0.230 e. The molecule has 1 amide bonds. The first-order chi connectivity index (χ1) is 12.1. The van der Waals surface area contributed by atoms with E-state index < -0.39 is 0 Å². The average Bonchev–Trinajstić information content (AvgIpc) is 3.23. The number of likely N-dealkylation sites (tertiary alicyclic amines) is 1. The summed E-state index contributed by atoms with van der Waals surface area (Å²) in [6, 6.07) is 6.98. The normalized spacial score (nSPS) is 27.7. The summed E-state index contributed by atoms with van der Waals surface area (Å²) in [6.45, 7) is 8.48. The van der Waals surface area contributed by atoms with Crippen molar-refractivity contribution in [1.82, 2.24) is 14.7 Å². The highest BCUT2D eigenvalue weighted by atomic mass is 16.2. The minimum atomic E-state index is 0.0834. The Balaban J connectivity index is 1.51. The van der Waals surface area contributed by atoms with Crippen LogP contribution in [0.5, 0.6) is 0 Å². The van der Waals surface area contributed by atoms with Gasteiger partial charge in [0.25, 0.3) is 0 Å². The molecule has 2 heterocycles. The Morgan fingerprint density at radius 1 is 1.16 bits per heavy atom. The molecule has 0 saturated carbocycles. The van der Waals surface area contributed by atoms with Crippen molar-refractivity contribution in [3.8, 4) is 0 Å². The third kappa shape index (κ3) is 3.47. The van der Waals surface area contributed by atoms with Crippen LogP contribution in [0.4, 0.5) is 0 Å². The van der Waals surface area contributed by atoms with Crippen LogP contribution in [0.15, 0.2) is 18.2 Å². The average molecular weight is 341 g/mol. The lowest BCUT2D eigenvalue weighted by Gasteiger charge is -2.42. The summed E-state index contributed by atoms with van der Waals surface area (Å²) in [4.78, 5) is 20.6. The highest BCUT2D eigenvalue weighted by Gasteiger charge is 2.37. The van der Waals surface area contributed by atoms with Crippen molar-refractivity contribution in [3.63, 3.8) is 0 Å². The van der Waals surface area contributed by atoms with Crippen LogP contribution >= 0.6 is 0 Å². The lowest BCUT2D eigenvalue weighted by Crippen LogP contribution is -2.58. The van der Waals surface area contributed by atoms with E-state index in [0.29, 0.717) is 11.9 Å². The minimum absolute atomic E-state index is 0.0834. The van der Waals surface area contributed by atoms with Gasteiger partial charge in [0.15, 0.2) is 0 Å². The standard InChI is InChI=1S/C21H31N3O/c1-16-5-7-19-17(13-16)6-8-20(19)21(25)24-12-11-22(2)14-18(24)15-23-9-3-4-10-23/h5,7,13,18,20H,3-4,6,8-12,14-15H2,1-2H3. The monoisotopic (exact) mass is 341 g/mol. The molecule has 25 heavy (non-hydrogen) atoms. The van der Waals surface area contributed by atoms with E-state index in [-0.39, 0.29) is 5.92 Å². The fourth-order valence-corrected chi connectivity index (χ4v) is 4.92. The Morgan fingerprint density at radius 3 is 2.76 bits per heavy atom. The molecule has 4 nitrogen and oxygen atoms in total. The molecule has 2 fully saturated rings. The van der Waals surface area contributed by atoms with Gasteiger partial charge in [-0.25, -0.2) is 0 Å². The van der Waals surface area contributed by atoms with Gasteiger partial charge in [-0.2, -0.15) is 0 Å². The van der Waals surface area contributed by atoms with E-state index in [9.17, 15) is 4.79 Å². The molecule has 4 heteroatoms. The molecule has 2 atom stereocenters. The molecule has 2 aliphatic heterocycles. The molecule has 1 aromatic carbocycles. The lowest BCUT2D eigenvalue weighted by atomic mass is 9.97. The zero-order chi connectivity index (χ0) is 17.4. The molecule has 0 N–H and O–H groups in total.